The van der Waals surface area contributed by atoms with E-state index >= 15 is 0 Å². The van der Waals surface area contributed by atoms with Gasteiger partial charge in [0.2, 0.25) is 0 Å². The van der Waals surface area contributed by atoms with E-state index < -0.39 is 5.41 Å². The van der Waals surface area contributed by atoms with Crippen molar-refractivity contribution in [3.05, 3.63) is 228 Å². The summed E-state index contributed by atoms with van der Waals surface area (Å²) in [5, 5.41) is 10.0. The van der Waals surface area contributed by atoms with Crippen LogP contribution < -0.4 is 0 Å². The zero-order valence-corrected chi connectivity index (χ0v) is 30.9. The second-order valence-corrected chi connectivity index (χ2v) is 14.8. The first-order valence-corrected chi connectivity index (χ1v) is 19.3. The third-order valence-electron chi connectivity index (χ3n) is 11.8. The Bertz CT molecular complexity index is 3000. The van der Waals surface area contributed by atoms with Crippen molar-refractivity contribution in [3.8, 4) is 84.5 Å². The van der Waals surface area contributed by atoms with Crippen LogP contribution in [0.15, 0.2) is 200 Å². The molecule has 0 atom stereocenters. The summed E-state index contributed by atoms with van der Waals surface area (Å²) in [7, 11) is 0. The Morgan fingerprint density at radius 2 is 0.754 bits per heavy atom. The molecule has 2 aliphatic carbocycles. The van der Waals surface area contributed by atoms with Crippen LogP contribution in [0.2, 0.25) is 0 Å². The van der Waals surface area contributed by atoms with Crippen molar-refractivity contribution < 1.29 is 0 Å². The van der Waals surface area contributed by atoms with Gasteiger partial charge in [-0.05, 0) is 91.0 Å². The maximum atomic E-state index is 10.0. The standard InChI is InChI=1S/C54H33N3/c55-34-35-19-29-45-46-30-28-42(32-50(46)54(49(45)31-35)47-17-9-7-15-43(47)44-16-8-10-18-48(44)54)38-22-26-40(27-23-38)52-33-51(56-53(57-52)41-13-5-2-6-14-41)39-24-20-37(21-25-39)36-11-3-1-4-12-36/h1-33H. The van der Waals surface area contributed by atoms with Crippen LogP contribution in [0.3, 0.4) is 0 Å². The summed E-state index contributed by atoms with van der Waals surface area (Å²) in [4.78, 5) is 10.2. The average Bonchev–Trinajstić information content (AvgIpc) is 3.76. The highest BCUT2D eigenvalue weighted by molar-refractivity contribution is 5.96. The summed E-state index contributed by atoms with van der Waals surface area (Å²) in [6.07, 6.45) is 0. The second kappa shape index (κ2) is 13.0. The van der Waals surface area contributed by atoms with Crippen molar-refractivity contribution in [1.82, 2.24) is 9.97 Å². The molecule has 264 valence electrons. The zero-order chi connectivity index (χ0) is 37.9. The van der Waals surface area contributed by atoms with Crippen molar-refractivity contribution in [1.29, 1.82) is 5.26 Å². The second-order valence-electron chi connectivity index (χ2n) is 14.8. The molecule has 0 saturated carbocycles. The lowest BCUT2D eigenvalue weighted by Gasteiger charge is -2.30. The van der Waals surface area contributed by atoms with Crippen LogP contribution in [0.1, 0.15) is 27.8 Å². The SMILES string of the molecule is N#Cc1ccc2c(c1)C1(c3ccccc3-c3ccccc31)c1cc(-c3ccc(-c4cc(-c5ccc(-c6ccccc6)cc5)nc(-c5ccccc5)n4)cc3)ccc1-2. The molecule has 0 radical (unpaired) electrons. The molecule has 3 nitrogen and oxygen atoms in total. The molecule has 0 fully saturated rings. The zero-order valence-electron chi connectivity index (χ0n) is 30.9. The van der Waals surface area contributed by atoms with Crippen molar-refractivity contribution >= 4 is 0 Å². The first-order chi connectivity index (χ1) is 28.2. The molecule has 2 aliphatic rings. The van der Waals surface area contributed by atoms with E-state index in [1.54, 1.807) is 0 Å². The fourth-order valence-corrected chi connectivity index (χ4v) is 9.15. The Morgan fingerprint density at radius 1 is 0.333 bits per heavy atom. The monoisotopic (exact) mass is 723 g/mol. The number of fused-ring (bicyclic) bond motifs is 10. The van der Waals surface area contributed by atoms with E-state index in [1.807, 2.05) is 30.3 Å². The quantitative estimate of drug-likeness (QED) is 0.178. The van der Waals surface area contributed by atoms with Gasteiger partial charge in [-0.1, -0.05) is 176 Å². The number of nitriles is 1. The average molecular weight is 724 g/mol. The highest BCUT2D eigenvalue weighted by Crippen LogP contribution is 2.63. The summed E-state index contributed by atoms with van der Waals surface area (Å²) in [5.74, 6) is 0.694. The minimum atomic E-state index is -0.523. The van der Waals surface area contributed by atoms with Gasteiger partial charge in [0, 0.05) is 16.7 Å². The highest BCUT2D eigenvalue weighted by atomic mass is 14.9. The molecule has 11 rings (SSSR count). The lowest BCUT2D eigenvalue weighted by molar-refractivity contribution is 0.793. The van der Waals surface area contributed by atoms with E-state index in [9.17, 15) is 5.26 Å². The Morgan fingerprint density at radius 3 is 1.33 bits per heavy atom. The van der Waals surface area contributed by atoms with Gasteiger partial charge in [-0.15, -0.1) is 0 Å². The van der Waals surface area contributed by atoms with Crippen molar-refractivity contribution in [2.45, 2.75) is 5.41 Å². The Labute approximate surface area is 331 Å². The molecule has 0 saturated heterocycles. The molecule has 0 N–H and O–H groups in total. The van der Waals surface area contributed by atoms with E-state index in [1.165, 1.54) is 55.6 Å². The first-order valence-electron chi connectivity index (χ1n) is 19.3. The van der Waals surface area contributed by atoms with E-state index in [4.69, 9.17) is 9.97 Å². The Balaban J connectivity index is 1.01. The minimum absolute atomic E-state index is 0.523. The van der Waals surface area contributed by atoms with Crippen LogP contribution in [0.25, 0.3) is 78.4 Å². The van der Waals surface area contributed by atoms with Gasteiger partial charge in [0.1, 0.15) is 0 Å². The Kier molecular flexibility index (Phi) is 7.45. The normalized spacial score (nSPS) is 12.7. The fourth-order valence-electron chi connectivity index (χ4n) is 9.15. The first kappa shape index (κ1) is 32.7. The summed E-state index contributed by atoms with van der Waals surface area (Å²) in [6, 6.07) is 73.1. The van der Waals surface area contributed by atoms with Crippen LogP contribution in [0.4, 0.5) is 0 Å². The molecule has 0 unspecified atom stereocenters. The van der Waals surface area contributed by atoms with Crippen LogP contribution in [-0.4, -0.2) is 9.97 Å². The lowest BCUT2D eigenvalue weighted by atomic mass is 9.70. The van der Waals surface area contributed by atoms with E-state index in [-0.39, 0.29) is 0 Å². The molecular weight excluding hydrogens is 691 g/mol. The molecule has 0 amide bonds. The largest absolute Gasteiger partial charge is 0.228 e. The number of aromatic nitrogens is 2. The predicted molar refractivity (Wildman–Crippen MR) is 230 cm³/mol. The van der Waals surface area contributed by atoms with Gasteiger partial charge in [0.05, 0.1) is 28.4 Å². The molecule has 3 heteroatoms. The van der Waals surface area contributed by atoms with E-state index in [2.05, 4.69) is 176 Å². The summed E-state index contributed by atoms with van der Waals surface area (Å²) < 4.78 is 0. The molecule has 57 heavy (non-hydrogen) atoms. The van der Waals surface area contributed by atoms with Gasteiger partial charge in [0.15, 0.2) is 5.82 Å². The third-order valence-corrected chi connectivity index (χ3v) is 11.8. The molecular formula is C54H33N3. The van der Waals surface area contributed by atoms with Crippen molar-refractivity contribution in [3.63, 3.8) is 0 Å². The summed E-state index contributed by atoms with van der Waals surface area (Å²) in [6.45, 7) is 0. The highest BCUT2D eigenvalue weighted by Gasteiger charge is 2.51. The van der Waals surface area contributed by atoms with Gasteiger partial charge < -0.3 is 0 Å². The molecule has 0 bridgehead atoms. The van der Waals surface area contributed by atoms with E-state index in [0.29, 0.717) is 11.4 Å². The molecule has 1 spiro atoms. The van der Waals surface area contributed by atoms with Crippen LogP contribution in [0.5, 0.6) is 0 Å². The fraction of sp³-hybridized carbons (Fsp3) is 0.0185. The van der Waals surface area contributed by atoms with Gasteiger partial charge in [-0.2, -0.15) is 5.26 Å². The van der Waals surface area contributed by atoms with Gasteiger partial charge in [0.25, 0.3) is 0 Å². The number of rotatable bonds is 5. The van der Waals surface area contributed by atoms with Gasteiger partial charge >= 0.3 is 0 Å². The van der Waals surface area contributed by atoms with Crippen LogP contribution >= 0.6 is 0 Å². The van der Waals surface area contributed by atoms with E-state index in [0.717, 1.165) is 39.2 Å². The maximum absolute atomic E-state index is 10.0. The van der Waals surface area contributed by atoms with Gasteiger partial charge in [-0.25, -0.2) is 9.97 Å². The van der Waals surface area contributed by atoms with Crippen LogP contribution in [0, 0.1) is 11.3 Å². The lowest BCUT2D eigenvalue weighted by Crippen LogP contribution is -2.26. The molecule has 0 aliphatic heterocycles. The molecule has 1 aromatic heterocycles. The van der Waals surface area contributed by atoms with Gasteiger partial charge in [-0.3, -0.25) is 0 Å². The molecule has 9 aromatic rings. The summed E-state index contributed by atoms with van der Waals surface area (Å²) >= 11 is 0. The number of hydrogen-bond donors (Lipinski definition) is 0. The van der Waals surface area contributed by atoms with Crippen molar-refractivity contribution in [2.24, 2.45) is 0 Å². The number of hydrogen-bond acceptors (Lipinski definition) is 3. The maximum Gasteiger partial charge on any atom is 0.160 e. The number of nitrogens with zero attached hydrogens (tertiary/aromatic N) is 3. The predicted octanol–water partition coefficient (Wildman–Crippen LogP) is 13.0. The number of benzene rings is 8. The summed E-state index contributed by atoms with van der Waals surface area (Å²) in [5.41, 5.74) is 19.4. The topological polar surface area (TPSA) is 49.6 Å². The minimum Gasteiger partial charge on any atom is -0.228 e. The molecule has 8 aromatic carbocycles. The Hall–Kier alpha value is -7.67. The van der Waals surface area contributed by atoms with Crippen molar-refractivity contribution in [2.75, 3.05) is 0 Å². The smallest absolute Gasteiger partial charge is 0.160 e. The van der Waals surface area contributed by atoms with Crippen LogP contribution in [-0.2, 0) is 5.41 Å². The molecule has 1 heterocycles. The third kappa shape index (κ3) is 5.12.